The van der Waals surface area contributed by atoms with Gasteiger partial charge >= 0.3 is 5.69 Å². The highest BCUT2D eigenvalue weighted by molar-refractivity contribution is 6.34. The number of nitro groups is 1. The van der Waals surface area contributed by atoms with Gasteiger partial charge in [-0.1, -0.05) is 24.9 Å². The zero-order valence-corrected chi connectivity index (χ0v) is 17.8. The van der Waals surface area contributed by atoms with Crippen molar-refractivity contribution in [2.45, 2.75) is 32.9 Å². The van der Waals surface area contributed by atoms with E-state index >= 15 is 0 Å². The Labute approximate surface area is 186 Å². The Bertz CT molecular complexity index is 1260. The SMILES string of the molecule is CCCCn1c(N)c(N(Cc2ccco2)C(=O)c2cc([N+](=O)[O-])ccc2Cl)c(=O)[nH]c1=O. The summed E-state index contributed by atoms with van der Waals surface area (Å²) in [6.07, 6.45) is 2.76. The van der Waals surface area contributed by atoms with Crippen LogP contribution < -0.4 is 21.9 Å². The van der Waals surface area contributed by atoms with Crippen LogP contribution in [0.1, 0.15) is 35.9 Å². The molecule has 2 aromatic heterocycles. The molecule has 0 radical (unpaired) electrons. The molecule has 2 heterocycles. The molecule has 0 spiro atoms. The predicted molar refractivity (Wildman–Crippen MR) is 118 cm³/mol. The molecule has 0 bridgehead atoms. The van der Waals surface area contributed by atoms with E-state index in [0.29, 0.717) is 12.2 Å². The van der Waals surface area contributed by atoms with Crippen LogP contribution in [0.2, 0.25) is 5.02 Å². The Kier molecular flexibility index (Phi) is 6.79. The fourth-order valence-electron chi connectivity index (χ4n) is 3.12. The molecule has 0 saturated carbocycles. The van der Waals surface area contributed by atoms with Gasteiger partial charge in [0, 0.05) is 18.7 Å². The molecular weight excluding hydrogens is 442 g/mol. The number of amides is 1. The van der Waals surface area contributed by atoms with Crippen LogP contribution in [0.25, 0.3) is 0 Å². The molecule has 3 N–H and O–H groups in total. The number of aromatic amines is 1. The molecule has 0 aliphatic rings. The molecule has 168 valence electrons. The van der Waals surface area contributed by atoms with Gasteiger partial charge in [0.25, 0.3) is 17.2 Å². The minimum atomic E-state index is -0.887. The second-order valence-corrected chi connectivity index (χ2v) is 7.30. The third kappa shape index (κ3) is 4.57. The number of carbonyl (C=O) groups excluding carboxylic acids is 1. The van der Waals surface area contributed by atoms with Crippen molar-refractivity contribution in [3.63, 3.8) is 0 Å². The van der Waals surface area contributed by atoms with Crippen LogP contribution in [0, 0.1) is 10.1 Å². The minimum absolute atomic E-state index is 0.0562. The summed E-state index contributed by atoms with van der Waals surface area (Å²) in [5.74, 6) is -0.730. The fraction of sp³-hybridized carbons (Fsp3) is 0.250. The second kappa shape index (κ2) is 9.52. The molecule has 0 unspecified atom stereocenters. The van der Waals surface area contributed by atoms with Crippen molar-refractivity contribution in [3.05, 3.63) is 83.9 Å². The highest BCUT2D eigenvalue weighted by atomic mass is 35.5. The number of unbranched alkanes of at least 4 members (excludes halogenated alkanes) is 1. The summed E-state index contributed by atoms with van der Waals surface area (Å²) in [6.45, 7) is 1.92. The summed E-state index contributed by atoms with van der Waals surface area (Å²) in [5, 5.41) is 11.1. The molecule has 0 fully saturated rings. The van der Waals surface area contributed by atoms with E-state index in [1.54, 1.807) is 12.1 Å². The third-order valence-electron chi connectivity index (χ3n) is 4.75. The molecule has 3 rings (SSSR count). The van der Waals surface area contributed by atoms with Crippen molar-refractivity contribution in [2.75, 3.05) is 10.6 Å². The van der Waals surface area contributed by atoms with Gasteiger partial charge in [-0.05, 0) is 24.6 Å². The van der Waals surface area contributed by atoms with Gasteiger partial charge < -0.3 is 10.2 Å². The van der Waals surface area contributed by atoms with Gasteiger partial charge in [0.2, 0.25) is 0 Å². The maximum absolute atomic E-state index is 13.5. The number of rotatable bonds is 8. The Morgan fingerprint density at radius 2 is 2.09 bits per heavy atom. The molecule has 32 heavy (non-hydrogen) atoms. The Balaban J connectivity index is 2.20. The van der Waals surface area contributed by atoms with E-state index in [-0.39, 0.29) is 40.9 Å². The average molecular weight is 462 g/mol. The molecule has 0 saturated heterocycles. The normalized spacial score (nSPS) is 10.8. The zero-order chi connectivity index (χ0) is 23.4. The number of non-ortho nitro benzene ring substituents is 1. The van der Waals surface area contributed by atoms with E-state index in [0.717, 1.165) is 28.0 Å². The van der Waals surface area contributed by atoms with E-state index in [2.05, 4.69) is 4.98 Å². The summed E-state index contributed by atoms with van der Waals surface area (Å²) >= 11 is 6.15. The molecule has 11 nitrogen and oxygen atoms in total. The number of H-pyrrole nitrogens is 1. The summed E-state index contributed by atoms with van der Waals surface area (Å²) < 4.78 is 6.47. The second-order valence-electron chi connectivity index (χ2n) is 6.89. The number of carbonyl (C=O) groups is 1. The fourth-order valence-corrected chi connectivity index (χ4v) is 3.32. The summed E-state index contributed by atoms with van der Waals surface area (Å²) in [6, 6.07) is 6.55. The van der Waals surface area contributed by atoms with Gasteiger partial charge in [-0.15, -0.1) is 0 Å². The maximum atomic E-state index is 13.5. The molecule has 0 atom stereocenters. The van der Waals surface area contributed by atoms with Crippen LogP contribution in [-0.2, 0) is 13.1 Å². The Morgan fingerprint density at radius 1 is 1.34 bits per heavy atom. The molecular formula is C20H20ClN5O6. The average Bonchev–Trinajstić information content (AvgIpc) is 3.25. The van der Waals surface area contributed by atoms with Gasteiger partial charge in [-0.3, -0.25) is 34.2 Å². The van der Waals surface area contributed by atoms with Crippen LogP contribution in [0.15, 0.2) is 50.6 Å². The number of nitrogens with two attached hydrogens (primary N) is 1. The lowest BCUT2D eigenvalue weighted by molar-refractivity contribution is -0.384. The number of halogens is 1. The number of benzene rings is 1. The first-order valence-corrected chi connectivity index (χ1v) is 10.0. The number of nitrogen functional groups attached to an aromatic ring is 1. The van der Waals surface area contributed by atoms with Crippen LogP contribution >= 0.6 is 11.6 Å². The monoisotopic (exact) mass is 461 g/mol. The number of anilines is 2. The Hall–Kier alpha value is -3.86. The van der Waals surface area contributed by atoms with Crippen molar-refractivity contribution >= 4 is 34.7 Å². The molecule has 3 aromatic rings. The molecule has 0 aliphatic heterocycles. The van der Waals surface area contributed by atoms with Crippen molar-refractivity contribution < 1.29 is 14.1 Å². The lowest BCUT2D eigenvalue weighted by Crippen LogP contribution is -2.41. The number of aromatic nitrogens is 2. The zero-order valence-electron chi connectivity index (χ0n) is 17.0. The van der Waals surface area contributed by atoms with Crippen molar-refractivity contribution in [1.82, 2.24) is 9.55 Å². The number of nitrogens with one attached hydrogen (secondary N) is 1. The molecule has 1 aromatic carbocycles. The van der Waals surface area contributed by atoms with Crippen molar-refractivity contribution in [3.8, 4) is 0 Å². The van der Waals surface area contributed by atoms with Gasteiger partial charge in [0.15, 0.2) is 5.69 Å². The van der Waals surface area contributed by atoms with Crippen LogP contribution in [0.5, 0.6) is 0 Å². The third-order valence-corrected chi connectivity index (χ3v) is 5.08. The Morgan fingerprint density at radius 3 is 2.72 bits per heavy atom. The first-order chi connectivity index (χ1) is 15.2. The largest absolute Gasteiger partial charge is 0.467 e. The predicted octanol–water partition coefficient (Wildman–Crippen LogP) is 2.92. The number of nitrogens with zero attached hydrogens (tertiary/aromatic N) is 3. The van der Waals surface area contributed by atoms with Gasteiger partial charge in [-0.25, -0.2) is 4.79 Å². The molecule has 0 aliphatic carbocycles. The van der Waals surface area contributed by atoms with Gasteiger partial charge in [0.05, 0.1) is 28.3 Å². The highest BCUT2D eigenvalue weighted by Crippen LogP contribution is 2.28. The number of hydrogen-bond acceptors (Lipinski definition) is 7. The van der Waals surface area contributed by atoms with Crippen molar-refractivity contribution in [1.29, 1.82) is 0 Å². The topological polar surface area (TPSA) is 157 Å². The lowest BCUT2D eigenvalue weighted by atomic mass is 10.1. The van der Waals surface area contributed by atoms with E-state index in [9.17, 15) is 24.5 Å². The van der Waals surface area contributed by atoms with E-state index in [1.165, 1.54) is 12.3 Å². The number of furan rings is 1. The summed E-state index contributed by atoms with van der Waals surface area (Å²) in [4.78, 5) is 52.2. The maximum Gasteiger partial charge on any atom is 0.330 e. The van der Waals surface area contributed by atoms with Crippen LogP contribution in [-0.4, -0.2) is 20.4 Å². The molecule has 12 heteroatoms. The van der Waals surface area contributed by atoms with E-state index in [1.807, 2.05) is 6.92 Å². The van der Waals surface area contributed by atoms with Gasteiger partial charge in [0.1, 0.15) is 11.6 Å². The van der Waals surface area contributed by atoms with E-state index < -0.39 is 22.1 Å². The van der Waals surface area contributed by atoms with Crippen molar-refractivity contribution in [2.24, 2.45) is 0 Å². The standard InChI is InChI=1S/C20H20ClN5O6/c1-2-3-8-24-17(22)16(18(27)23-20(24)29)25(11-13-5-4-9-32-13)19(28)14-10-12(26(30)31)6-7-15(14)21/h4-7,9-10H,2-3,8,11,22H2,1H3,(H,23,27,29). The smallest absolute Gasteiger partial charge is 0.330 e. The first kappa shape index (κ1) is 22.8. The molecule has 1 amide bonds. The quantitative estimate of drug-likeness (QED) is 0.385. The summed E-state index contributed by atoms with van der Waals surface area (Å²) in [5.41, 5.74) is 3.72. The minimum Gasteiger partial charge on any atom is -0.467 e. The van der Waals surface area contributed by atoms with Crippen LogP contribution in [0.4, 0.5) is 17.2 Å². The van der Waals surface area contributed by atoms with E-state index in [4.69, 9.17) is 21.8 Å². The van der Waals surface area contributed by atoms with Gasteiger partial charge in [-0.2, -0.15) is 0 Å². The lowest BCUT2D eigenvalue weighted by Gasteiger charge is -2.24. The highest BCUT2D eigenvalue weighted by Gasteiger charge is 2.28. The summed E-state index contributed by atoms with van der Waals surface area (Å²) in [7, 11) is 0. The number of hydrogen-bond donors (Lipinski definition) is 2. The number of nitro benzene ring substituents is 1. The first-order valence-electron chi connectivity index (χ1n) is 9.65. The van der Waals surface area contributed by atoms with Crippen LogP contribution in [0.3, 0.4) is 0 Å².